The second-order valence-electron chi connectivity index (χ2n) is 4.64. The van der Waals surface area contributed by atoms with Crippen molar-refractivity contribution in [1.29, 1.82) is 0 Å². The maximum Gasteiger partial charge on any atom is 0.339 e. The molecule has 0 aliphatic carbocycles. The van der Waals surface area contributed by atoms with Crippen molar-refractivity contribution < 1.29 is 27.1 Å². The van der Waals surface area contributed by atoms with Crippen LogP contribution in [0.3, 0.4) is 0 Å². The Hall–Kier alpha value is -1.51. The monoisotopic (exact) mass is 317 g/mol. The molecule has 1 saturated heterocycles. The van der Waals surface area contributed by atoms with Gasteiger partial charge in [-0.1, -0.05) is 6.07 Å². The quantitative estimate of drug-likeness (QED) is 0.840. The van der Waals surface area contributed by atoms with Gasteiger partial charge in [0.2, 0.25) is 10.0 Å². The van der Waals surface area contributed by atoms with Crippen molar-refractivity contribution in [3.63, 3.8) is 0 Å². The molecule has 0 saturated carbocycles. The minimum absolute atomic E-state index is 0.223. The van der Waals surface area contributed by atoms with Crippen LogP contribution < -0.4 is 4.72 Å². The Kier molecular flexibility index (Phi) is 4.92. The van der Waals surface area contributed by atoms with Gasteiger partial charge in [-0.15, -0.1) is 0 Å². The summed E-state index contributed by atoms with van der Waals surface area (Å²) in [6.07, 6.45) is 1.32. The van der Waals surface area contributed by atoms with Crippen LogP contribution in [0.4, 0.5) is 4.39 Å². The summed E-state index contributed by atoms with van der Waals surface area (Å²) in [5, 5.41) is 0. The van der Waals surface area contributed by atoms with E-state index in [0.717, 1.165) is 13.2 Å². The van der Waals surface area contributed by atoms with Crippen LogP contribution in [-0.4, -0.2) is 40.8 Å². The van der Waals surface area contributed by atoms with E-state index < -0.39 is 32.7 Å². The van der Waals surface area contributed by atoms with Crippen LogP contribution in [0.1, 0.15) is 23.2 Å². The minimum atomic E-state index is -4.18. The Labute approximate surface area is 122 Å². The number of hydrogen-bond acceptors (Lipinski definition) is 5. The maximum absolute atomic E-state index is 13.9. The van der Waals surface area contributed by atoms with Crippen LogP contribution in [0.5, 0.6) is 0 Å². The third-order valence-corrected chi connectivity index (χ3v) is 4.72. The summed E-state index contributed by atoms with van der Waals surface area (Å²) in [4.78, 5) is 10.9. The van der Waals surface area contributed by atoms with Crippen LogP contribution in [0, 0.1) is 5.82 Å². The van der Waals surface area contributed by atoms with Gasteiger partial charge in [0.1, 0.15) is 10.7 Å². The average Bonchev–Trinajstić information content (AvgIpc) is 2.46. The standard InChI is InChI=1S/C13H16FNO5S/c1-19-13(16)10-5-2-6-11(14)12(10)21(17,18)15-9-4-3-7-20-8-9/h2,5-6,9,15H,3-4,7-8H2,1H3/t9-/m1/s1. The Morgan fingerprint density at radius 3 is 2.86 bits per heavy atom. The van der Waals surface area contributed by atoms with Crippen molar-refractivity contribution in [1.82, 2.24) is 4.72 Å². The number of halogens is 1. The zero-order valence-corrected chi connectivity index (χ0v) is 12.3. The number of nitrogens with one attached hydrogen (secondary N) is 1. The predicted octanol–water partition coefficient (Wildman–Crippen LogP) is 1.07. The first-order valence-electron chi connectivity index (χ1n) is 6.42. The molecular weight excluding hydrogens is 301 g/mol. The Morgan fingerprint density at radius 2 is 2.24 bits per heavy atom. The summed E-state index contributed by atoms with van der Waals surface area (Å²) in [6.45, 7) is 0.798. The van der Waals surface area contributed by atoms with E-state index in [4.69, 9.17) is 4.74 Å². The molecule has 1 aliphatic rings. The Balaban J connectivity index is 2.36. The first-order chi connectivity index (χ1) is 9.95. The molecule has 0 amide bonds. The number of ether oxygens (including phenoxy) is 2. The summed E-state index contributed by atoms with van der Waals surface area (Å²) >= 11 is 0. The Bertz CT molecular complexity index is 625. The van der Waals surface area contributed by atoms with Gasteiger partial charge in [-0.3, -0.25) is 0 Å². The molecule has 1 heterocycles. The molecule has 8 heteroatoms. The van der Waals surface area contributed by atoms with Crippen molar-refractivity contribution in [2.75, 3.05) is 20.3 Å². The molecule has 0 aromatic heterocycles. The minimum Gasteiger partial charge on any atom is -0.465 e. The molecule has 6 nitrogen and oxygen atoms in total. The molecule has 0 spiro atoms. The molecule has 116 valence electrons. The number of esters is 1. The second-order valence-corrected chi connectivity index (χ2v) is 6.29. The summed E-state index contributed by atoms with van der Waals surface area (Å²) in [6, 6.07) is 3.01. The number of methoxy groups -OCH3 is 1. The van der Waals surface area contributed by atoms with Gasteiger partial charge in [0.15, 0.2) is 0 Å². The van der Waals surface area contributed by atoms with Crippen LogP contribution in [0.15, 0.2) is 23.1 Å². The molecule has 0 bridgehead atoms. The summed E-state index contributed by atoms with van der Waals surface area (Å²) in [5.74, 6) is -1.91. The molecule has 1 atom stereocenters. The molecule has 1 aliphatic heterocycles. The molecule has 1 N–H and O–H groups in total. The van der Waals surface area contributed by atoms with Crippen LogP contribution in [0.25, 0.3) is 0 Å². The highest BCUT2D eigenvalue weighted by molar-refractivity contribution is 7.89. The lowest BCUT2D eigenvalue weighted by Crippen LogP contribution is -2.41. The third-order valence-electron chi connectivity index (χ3n) is 3.12. The molecule has 1 aromatic carbocycles. The molecule has 0 radical (unpaired) electrons. The van der Waals surface area contributed by atoms with E-state index >= 15 is 0 Å². The number of hydrogen-bond donors (Lipinski definition) is 1. The molecule has 1 aromatic rings. The number of carbonyl (C=O) groups excluding carboxylic acids is 1. The van der Waals surface area contributed by atoms with Crippen molar-refractivity contribution in [3.8, 4) is 0 Å². The highest BCUT2D eigenvalue weighted by atomic mass is 32.2. The number of sulfonamides is 1. The van der Waals surface area contributed by atoms with E-state index in [-0.39, 0.29) is 12.2 Å². The fourth-order valence-electron chi connectivity index (χ4n) is 2.16. The zero-order valence-electron chi connectivity index (χ0n) is 11.5. The summed E-state index contributed by atoms with van der Waals surface area (Å²) in [7, 11) is -3.08. The lowest BCUT2D eigenvalue weighted by molar-refractivity contribution is 0.0595. The van der Waals surface area contributed by atoms with E-state index in [1.165, 1.54) is 12.1 Å². The molecular formula is C13H16FNO5S. The smallest absolute Gasteiger partial charge is 0.339 e. The highest BCUT2D eigenvalue weighted by Crippen LogP contribution is 2.21. The predicted molar refractivity (Wildman–Crippen MR) is 71.9 cm³/mol. The van der Waals surface area contributed by atoms with Crippen LogP contribution in [0.2, 0.25) is 0 Å². The van der Waals surface area contributed by atoms with Gasteiger partial charge in [-0.25, -0.2) is 22.3 Å². The maximum atomic E-state index is 13.9. The van der Waals surface area contributed by atoms with Crippen LogP contribution >= 0.6 is 0 Å². The SMILES string of the molecule is COC(=O)c1cccc(F)c1S(=O)(=O)N[C@@H]1CCCOC1. The van der Waals surface area contributed by atoms with Gasteiger partial charge in [0.25, 0.3) is 0 Å². The largest absolute Gasteiger partial charge is 0.465 e. The van der Waals surface area contributed by atoms with Crippen molar-refractivity contribution in [2.45, 2.75) is 23.8 Å². The van der Waals surface area contributed by atoms with E-state index in [0.29, 0.717) is 19.4 Å². The van der Waals surface area contributed by atoms with Crippen LogP contribution in [-0.2, 0) is 19.5 Å². The van der Waals surface area contributed by atoms with E-state index in [1.54, 1.807) is 0 Å². The Morgan fingerprint density at radius 1 is 1.48 bits per heavy atom. The zero-order chi connectivity index (χ0) is 15.5. The summed E-state index contributed by atoms with van der Waals surface area (Å²) < 4.78 is 50.7. The normalized spacial score (nSPS) is 19.2. The first kappa shape index (κ1) is 15.9. The lowest BCUT2D eigenvalue weighted by atomic mass is 10.1. The van der Waals surface area contributed by atoms with E-state index in [1.807, 2.05) is 0 Å². The van der Waals surface area contributed by atoms with Gasteiger partial charge in [0, 0.05) is 12.6 Å². The van der Waals surface area contributed by atoms with Gasteiger partial charge in [-0.05, 0) is 25.0 Å². The summed E-state index contributed by atoms with van der Waals surface area (Å²) in [5.41, 5.74) is -0.332. The first-order valence-corrected chi connectivity index (χ1v) is 7.91. The molecule has 21 heavy (non-hydrogen) atoms. The van der Waals surface area contributed by atoms with Gasteiger partial charge < -0.3 is 9.47 Å². The van der Waals surface area contributed by atoms with Crippen molar-refractivity contribution in [3.05, 3.63) is 29.6 Å². The molecule has 2 rings (SSSR count). The fourth-order valence-corrected chi connectivity index (χ4v) is 3.67. The lowest BCUT2D eigenvalue weighted by Gasteiger charge is -2.23. The van der Waals surface area contributed by atoms with Crippen molar-refractivity contribution >= 4 is 16.0 Å². The van der Waals surface area contributed by atoms with E-state index in [2.05, 4.69) is 9.46 Å². The topological polar surface area (TPSA) is 81.7 Å². The molecule has 0 unspecified atom stereocenters. The third kappa shape index (κ3) is 3.58. The van der Waals surface area contributed by atoms with E-state index in [9.17, 15) is 17.6 Å². The highest BCUT2D eigenvalue weighted by Gasteiger charge is 2.30. The average molecular weight is 317 g/mol. The number of carbonyl (C=O) groups is 1. The van der Waals surface area contributed by atoms with Gasteiger partial charge in [-0.2, -0.15) is 0 Å². The molecule has 1 fully saturated rings. The van der Waals surface area contributed by atoms with Crippen molar-refractivity contribution in [2.24, 2.45) is 0 Å². The number of rotatable bonds is 4. The van der Waals surface area contributed by atoms with Gasteiger partial charge in [0.05, 0.1) is 19.3 Å². The number of benzene rings is 1. The van der Waals surface area contributed by atoms with Gasteiger partial charge >= 0.3 is 5.97 Å². The fraction of sp³-hybridized carbons (Fsp3) is 0.462. The second kappa shape index (κ2) is 6.50.